The van der Waals surface area contributed by atoms with Crippen LogP contribution in [-0.4, -0.2) is 52.6 Å². The quantitative estimate of drug-likeness (QED) is 0.598. The van der Waals surface area contributed by atoms with Crippen molar-refractivity contribution in [1.82, 2.24) is 10.6 Å². The Morgan fingerprint density at radius 3 is 2.92 bits per heavy atom. The van der Waals surface area contributed by atoms with E-state index in [9.17, 15) is 9.59 Å². The van der Waals surface area contributed by atoms with E-state index in [0.717, 1.165) is 45.8 Å². The molecule has 1 aliphatic rings. The van der Waals surface area contributed by atoms with Gasteiger partial charge in [0.05, 0.1) is 0 Å². The number of thiophene rings is 1. The summed E-state index contributed by atoms with van der Waals surface area (Å²) < 4.78 is 5.71. The molecule has 1 aliphatic heterocycles. The number of nitrogens with one attached hydrogen (secondary N) is 2. The number of rotatable bonds is 6. The monoisotopic (exact) mass is 434 g/mol. The summed E-state index contributed by atoms with van der Waals surface area (Å²) in [6, 6.07) is 9.64. The number of methoxy groups -OCH3 is 1. The predicted molar refractivity (Wildman–Crippen MR) is 105 cm³/mol. The Labute approximate surface area is 163 Å². The molecular formula is C18H21AsN3O3S. The van der Waals surface area contributed by atoms with Gasteiger partial charge in [-0.1, -0.05) is 0 Å². The van der Waals surface area contributed by atoms with E-state index in [1.54, 1.807) is 7.11 Å². The molecule has 2 heterocycles. The van der Waals surface area contributed by atoms with Crippen molar-refractivity contribution in [2.24, 2.45) is 5.73 Å². The van der Waals surface area contributed by atoms with Gasteiger partial charge in [0, 0.05) is 0 Å². The fourth-order valence-corrected chi connectivity index (χ4v) is 6.22. The third-order valence-electron chi connectivity index (χ3n) is 4.16. The van der Waals surface area contributed by atoms with Gasteiger partial charge in [0.15, 0.2) is 0 Å². The number of nitrogens with two attached hydrogens (primary N) is 1. The van der Waals surface area contributed by atoms with E-state index in [4.69, 9.17) is 10.5 Å². The van der Waals surface area contributed by atoms with Gasteiger partial charge < -0.3 is 0 Å². The standard InChI is InChI=1S/C18H21AsN3O3S/c1-25-13-6-2-4-11(8-13)15-9-14(16(26-15)19-18(20)24)17(23)22-12-5-3-7-21-10-12/h2,4,6,8-9,12,21H,3,5,7,10H2,1H3,(H2,20,24)(H,22,23)/t12-/m0/s1. The zero-order chi connectivity index (χ0) is 18.5. The summed E-state index contributed by atoms with van der Waals surface area (Å²) in [5, 5.41) is 6.37. The van der Waals surface area contributed by atoms with E-state index < -0.39 is 15.8 Å². The number of primary amides is 1. The van der Waals surface area contributed by atoms with Gasteiger partial charge in [-0.25, -0.2) is 0 Å². The van der Waals surface area contributed by atoms with Crippen LogP contribution in [0.5, 0.6) is 5.75 Å². The topological polar surface area (TPSA) is 93.4 Å². The van der Waals surface area contributed by atoms with Gasteiger partial charge in [-0.05, 0) is 0 Å². The molecule has 3 rings (SSSR count). The van der Waals surface area contributed by atoms with Crippen LogP contribution in [0.15, 0.2) is 30.3 Å². The van der Waals surface area contributed by atoms with Crippen molar-refractivity contribution >= 4 is 41.4 Å². The van der Waals surface area contributed by atoms with Crippen LogP contribution in [0.3, 0.4) is 0 Å². The Hall–Kier alpha value is -1.82. The Morgan fingerprint density at radius 2 is 2.23 bits per heavy atom. The van der Waals surface area contributed by atoms with E-state index in [2.05, 4.69) is 10.6 Å². The zero-order valence-corrected chi connectivity index (χ0v) is 17.1. The third kappa shape index (κ3) is 4.66. The number of benzene rings is 1. The van der Waals surface area contributed by atoms with Crippen molar-refractivity contribution in [3.63, 3.8) is 0 Å². The van der Waals surface area contributed by atoms with Gasteiger partial charge in [-0.3, -0.25) is 0 Å². The summed E-state index contributed by atoms with van der Waals surface area (Å²) in [4.78, 5) is 25.2. The van der Waals surface area contributed by atoms with Crippen LogP contribution in [0, 0.1) is 0 Å². The molecule has 26 heavy (non-hydrogen) atoms. The molecule has 1 aromatic carbocycles. The number of amides is 2. The number of piperidine rings is 1. The number of carbonyl (C=O) groups excluding carboxylic acids is 2. The molecule has 6 nitrogen and oxygen atoms in total. The van der Waals surface area contributed by atoms with Crippen LogP contribution in [0.25, 0.3) is 10.4 Å². The molecule has 0 aliphatic carbocycles. The first-order valence-corrected chi connectivity index (χ1v) is 11.1. The Kier molecular flexibility index (Phi) is 6.35. The molecule has 2 aromatic rings. The molecule has 0 saturated carbocycles. The van der Waals surface area contributed by atoms with Gasteiger partial charge in [-0.15, -0.1) is 0 Å². The molecular weight excluding hydrogens is 413 g/mol. The second-order valence-corrected chi connectivity index (χ2v) is 10.1. The summed E-state index contributed by atoms with van der Waals surface area (Å²) in [5.41, 5.74) is 6.94. The molecule has 1 radical (unpaired) electrons. The van der Waals surface area contributed by atoms with Crippen molar-refractivity contribution in [3.8, 4) is 16.2 Å². The summed E-state index contributed by atoms with van der Waals surface area (Å²) in [6.45, 7) is 1.76. The predicted octanol–water partition coefficient (Wildman–Crippen LogP) is 1.31. The minimum absolute atomic E-state index is 0.120. The second kappa shape index (κ2) is 8.71. The van der Waals surface area contributed by atoms with Crippen LogP contribution in [0.1, 0.15) is 23.2 Å². The van der Waals surface area contributed by atoms with Gasteiger partial charge in [0.25, 0.3) is 0 Å². The van der Waals surface area contributed by atoms with Gasteiger partial charge in [0.2, 0.25) is 0 Å². The average Bonchev–Trinajstić information content (AvgIpc) is 3.06. The maximum absolute atomic E-state index is 12.8. The van der Waals surface area contributed by atoms with Crippen LogP contribution in [0.4, 0.5) is 4.79 Å². The first kappa shape index (κ1) is 19.0. The molecule has 0 bridgehead atoms. The van der Waals surface area contributed by atoms with Crippen molar-refractivity contribution < 1.29 is 14.3 Å². The molecule has 1 fully saturated rings. The van der Waals surface area contributed by atoms with Crippen molar-refractivity contribution in [3.05, 3.63) is 35.9 Å². The average molecular weight is 434 g/mol. The van der Waals surface area contributed by atoms with Crippen LogP contribution < -0.4 is 24.8 Å². The Balaban J connectivity index is 1.88. The number of hydrogen-bond acceptors (Lipinski definition) is 5. The molecule has 1 atom stereocenters. The molecule has 0 unspecified atom stereocenters. The first-order valence-electron chi connectivity index (χ1n) is 8.38. The molecule has 137 valence electrons. The Morgan fingerprint density at radius 1 is 1.38 bits per heavy atom. The fourth-order valence-electron chi connectivity index (χ4n) is 2.88. The minimum atomic E-state index is -0.883. The Bertz CT molecular complexity index is 803. The summed E-state index contributed by atoms with van der Waals surface area (Å²) in [5.74, 6) is 0.621. The van der Waals surface area contributed by atoms with Gasteiger partial charge in [0.1, 0.15) is 0 Å². The van der Waals surface area contributed by atoms with E-state index >= 15 is 0 Å². The van der Waals surface area contributed by atoms with Crippen molar-refractivity contribution in [2.75, 3.05) is 20.2 Å². The normalized spacial score (nSPS) is 17.3. The molecule has 8 heteroatoms. The van der Waals surface area contributed by atoms with Gasteiger partial charge in [-0.2, -0.15) is 0 Å². The molecule has 0 spiro atoms. The number of hydrogen-bond donors (Lipinski definition) is 3. The van der Waals surface area contributed by atoms with Crippen LogP contribution in [-0.2, 0) is 0 Å². The molecule has 1 aromatic heterocycles. The van der Waals surface area contributed by atoms with E-state index in [-0.39, 0.29) is 16.6 Å². The second-order valence-electron chi connectivity index (χ2n) is 6.03. The summed E-state index contributed by atoms with van der Waals surface area (Å²) in [6.07, 6.45) is 2.01. The van der Waals surface area contributed by atoms with Crippen LogP contribution >= 0.6 is 11.3 Å². The van der Waals surface area contributed by atoms with Crippen molar-refractivity contribution in [2.45, 2.75) is 18.9 Å². The number of carbonyl (C=O) groups is 2. The fraction of sp³-hybridized carbons (Fsp3) is 0.333. The van der Waals surface area contributed by atoms with E-state index in [1.165, 1.54) is 11.3 Å². The summed E-state index contributed by atoms with van der Waals surface area (Å²) in [7, 11) is 1.62. The van der Waals surface area contributed by atoms with E-state index in [1.807, 2.05) is 30.3 Å². The molecule has 2 amide bonds. The number of ether oxygens (including phenoxy) is 1. The molecule has 1 saturated heterocycles. The zero-order valence-electron chi connectivity index (χ0n) is 14.5. The molecule has 4 N–H and O–H groups in total. The van der Waals surface area contributed by atoms with Crippen LogP contribution in [0.2, 0.25) is 0 Å². The van der Waals surface area contributed by atoms with Gasteiger partial charge >= 0.3 is 163 Å². The SMILES string of the molecule is COc1cccc(-c2cc(C(=O)N[C@H]3CCCNC3)c([As]C(N)=O)s2)c1. The van der Waals surface area contributed by atoms with Crippen molar-refractivity contribution in [1.29, 1.82) is 0 Å². The first-order chi connectivity index (χ1) is 12.6. The van der Waals surface area contributed by atoms with E-state index in [0.29, 0.717) is 5.56 Å². The third-order valence-corrected chi connectivity index (χ3v) is 7.58. The maximum atomic E-state index is 12.8. The summed E-state index contributed by atoms with van der Waals surface area (Å²) >= 11 is 0.576.